The zero-order valence-electron chi connectivity index (χ0n) is 14.8. The largest absolute Gasteiger partial charge is 0.437 e. The minimum atomic E-state index is -0.678. The van der Waals surface area contributed by atoms with E-state index in [9.17, 15) is 4.79 Å². The van der Waals surface area contributed by atoms with E-state index in [1.54, 1.807) is 12.1 Å². The minimum Gasteiger partial charge on any atom is -0.437 e. The summed E-state index contributed by atoms with van der Waals surface area (Å²) >= 11 is 0. The topological polar surface area (TPSA) is 103 Å². The van der Waals surface area contributed by atoms with Gasteiger partial charge in [0, 0.05) is 11.8 Å². The summed E-state index contributed by atoms with van der Waals surface area (Å²) in [5.41, 5.74) is 7.86. The molecule has 0 spiro atoms. The van der Waals surface area contributed by atoms with Crippen molar-refractivity contribution < 1.29 is 9.53 Å². The fraction of sp³-hybridized carbons (Fsp3) is 0.200. The zero-order chi connectivity index (χ0) is 18.8. The lowest BCUT2D eigenvalue weighted by atomic mass is 10.1. The van der Waals surface area contributed by atoms with E-state index in [4.69, 9.17) is 10.5 Å². The van der Waals surface area contributed by atoms with Crippen LogP contribution in [0.2, 0.25) is 0 Å². The first-order valence-corrected chi connectivity index (χ1v) is 8.75. The molecule has 0 radical (unpaired) electrons. The summed E-state index contributed by atoms with van der Waals surface area (Å²) in [6, 6.07) is 15.0. The number of carbonyl (C=O) groups excluding carboxylic acids is 1. The van der Waals surface area contributed by atoms with Crippen LogP contribution in [0.3, 0.4) is 0 Å². The molecule has 4 rings (SSSR count). The highest BCUT2D eigenvalue weighted by atomic mass is 16.5. The standard InChI is InChI=1S/C20H19N5O2/c1-12-5-4-8-17(22-12)23-15-11-18(24-25-19(15)20(21)26)27-16-7-3-2-6-14(16)13-9-10-13/h2-8,11,13H,9-10H2,1H3,(H2,21,26)(H,22,23,24). The Balaban J connectivity index is 1.66. The number of nitrogens with zero attached hydrogens (tertiary/aromatic N) is 3. The number of aromatic nitrogens is 3. The van der Waals surface area contributed by atoms with Gasteiger partial charge in [-0.3, -0.25) is 4.79 Å². The Bertz CT molecular complexity index is 1000. The van der Waals surface area contributed by atoms with Crippen molar-refractivity contribution in [2.45, 2.75) is 25.7 Å². The second kappa shape index (κ2) is 7.03. The van der Waals surface area contributed by atoms with Crippen molar-refractivity contribution in [1.29, 1.82) is 0 Å². The maximum Gasteiger partial charge on any atom is 0.271 e. The van der Waals surface area contributed by atoms with Crippen molar-refractivity contribution in [1.82, 2.24) is 15.2 Å². The summed E-state index contributed by atoms with van der Waals surface area (Å²) < 4.78 is 5.96. The molecule has 1 aliphatic carbocycles. The van der Waals surface area contributed by atoms with Gasteiger partial charge in [0.2, 0.25) is 5.88 Å². The maximum atomic E-state index is 11.7. The number of hydrogen-bond acceptors (Lipinski definition) is 6. The highest BCUT2D eigenvalue weighted by Crippen LogP contribution is 2.45. The summed E-state index contributed by atoms with van der Waals surface area (Å²) in [5.74, 6) is 1.47. The number of amides is 1. The molecule has 1 aliphatic rings. The number of hydrogen-bond donors (Lipinski definition) is 2. The van der Waals surface area contributed by atoms with E-state index in [-0.39, 0.29) is 11.6 Å². The zero-order valence-corrected chi connectivity index (χ0v) is 14.8. The van der Waals surface area contributed by atoms with E-state index < -0.39 is 5.91 Å². The van der Waals surface area contributed by atoms with Gasteiger partial charge in [-0.25, -0.2) is 4.98 Å². The number of nitrogens with one attached hydrogen (secondary N) is 1. The molecule has 0 aliphatic heterocycles. The molecule has 27 heavy (non-hydrogen) atoms. The number of anilines is 2. The van der Waals surface area contributed by atoms with E-state index in [0.717, 1.165) is 17.0 Å². The first-order chi connectivity index (χ1) is 13.1. The van der Waals surface area contributed by atoms with Gasteiger partial charge >= 0.3 is 0 Å². The minimum absolute atomic E-state index is 0.0288. The molecule has 0 unspecified atom stereocenters. The van der Waals surface area contributed by atoms with E-state index in [0.29, 0.717) is 17.4 Å². The molecule has 1 fully saturated rings. The normalized spacial score (nSPS) is 13.2. The number of para-hydroxylation sites is 1. The molecule has 7 nitrogen and oxygen atoms in total. The molecule has 1 aromatic carbocycles. The average molecular weight is 361 g/mol. The molecule has 0 bridgehead atoms. The molecule has 0 atom stereocenters. The van der Waals surface area contributed by atoms with Crippen molar-refractivity contribution in [3.63, 3.8) is 0 Å². The predicted octanol–water partition coefficient (Wildman–Crippen LogP) is 3.69. The molecular formula is C20H19N5O2. The third kappa shape index (κ3) is 3.87. The van der Waals surface area contributed by atoms with Gasteiger partial charge in [0.25, 0.3) is 5.91 Å². The van der Waals surface area contributed by atoms with Crippen LogP contribution < -0.4 is 15.8 Å². The van der Waals surface area contributed by atoms with Crippen LogP contribution in [-0.2, 0) is 0 Å². The third-order valence-corrected chi connectivity index (χ3v) is 4.31. The van der Waals surface area contributed by atoms with Crippen LogP contribution in [0.15, 0.2) is 48.5 Å². The SMILES string of the molecule is Cc1cccc(Nc2cc(Oc3ccccc3C3CC3)nnc2C(N)=O)n1. The van der Waals surface area contributed by atoms with Gasteiger partial charge in [-0.05, 0) is 49.4 Å². The summed E-state index contributed by atoms with van der Waals surface area (Å²) in [6.07, 6.45) is 2.33. The molecule has 2 heterocycles. The quantitative estimate of drug-likeness (QED) is 0.694. The van der Waals surface area contributed by atoms with Gasteiger partial charge in [-0.1, -0.05) is 24.3 Å². The van der Waals surface area contributed by atoms with Crippen LogP contribution in [0.5, 0.6) is 11.6 Å². The smallest absolute Gasteiger partial charge is 0.271 e. The van der Waals surface area contributed by atoms with Crippen LogP contribution in [0, 0.1) is 6.92 Å². The van der Waals surface area contributed by atoms with Crippen LogP contribution in [0.1, 0.15) is 40.5 Å². The van der Waals surface area contributed by atoms with Crippen LogP contribution in [-0.4, -0.2) is 21.1 Å². The van der Waals surface area contributed by atoms with Crippen LogP contribution in [0.4, 0.5) is 11.5 Å². The number of primary amides is 1. The summed E-state index contributed by atoms with van der Waals surface area (Å²) in [7, 11) is 0. The van der Waals surface area contributed by atoms with Crippen LogP contribution in [0.25, 0.3) is 0 Å². The molecule has 136 valence electrons. The molecule has 1 amide bonds. The van der Waals surface area contributed by atoms with E-state index in [2.05, 4.69) is 26.6 Å². The third-order valence-electron chi connectivity index (χ3n) is 4.31. The van der Waals surface area contributed by atoms with E-state index >= 15 is 0 Å². The first-order valence-electron chi connectivity index (χ1n) is 8.75. The lowest BCUT2D eigenvalue weighted by Crippen LogP contribution is -2.16. The number of benzene rings is 1. The highest BCUT2D eigenvalue weighted by molar-refractivity contribution is 5.97. The van der Waals surface area contributed by atoms with Gasteiger partial charge in [0.15, 0.2) is 5.69 Å². The lowest BCUT2D eigenvalue weighted by Gasteiger charge is -2.12. The van der Waals surface area contributed by atoms with Gasteiger partial charge in [0.1, 0.15) is 11.6 Å². The summed E-state index contributed by atoms with van der Waals surface area (Å²) in [6.45, 7) is 1.88. The number of rotatable bonds is 6. The Morgan fingerprint density at radius 1 is 1.15 bits per heavy atom. The van der Waals surface area contributed by atoms with Crippen molar-refractivity contribution in [2.75, 3.05) is 5.32 Å². The predicted molar refractivity (Wildman–Crippen MR) is 101 cm³/mol. The van der Waals surface area contributed by atoms with Gasteiger partial charge in [-0.2, -0.15) is 0 Å². The second-order valence-corrected chi connectivity index (χ2v) is 6.51. The maximum absolute atomic E-state index is 11.7. The Morgan fingerprint density at radius 2 is 1.96 bits per heavy atom. The number of pyridine rings is 1. The van der Waals surface area contributed by atoms with Gasteiger partial charge < -0.3 is 15.8 Å². The number of carbonyl (C=O) groups is 1. The van der Waals surface area contributed by atoms with Crippen molar-refractivity contribution >= 4 is 17.4 Å². The average Bonchev–Trinajstić information content (AvgIpc) is 3.47. The number of aryl methyl sites for hydroxylation is 1. The van der Waals surface area contributed by atoms with Crippen molar-refractivity contribution in [2.24, 2.45) is 5.73 Å². The Labute approximate surface area is 156 Å². The lowest BCUT2D eigenvalue weighted by molar-refractivity contribution is 0.0995. The van der Waals surface area contributed by atoms with Crippen molar-refractivity contribution in [3.8, 4) is 11.6 Å². The summed E-state index contributed by atoms with van der Waals surface area (Å²) in [5, 5.41) is 11.0. The highest BCUT2D eigenvalue weighted by Gasteiger charge is 2.27. The first kappa shape index (κ1) is 17.0. The number of ether oxygens (including phenoxy) is 1. The van der Waals surface area contributed by atoms with E-state index in [1.165, 1.54) is 12.8 Å². The fourth-order valence-electron chi connectivity index (χ4n) is 2.87. The van der Waals surface area contributed by atoms with Crippen LogP contribution >= 0.6 is 0 Å². The molecular weight excluding hydrogens is 342 g/mol. The van der Waals surface area contributed by atoms with Gasteiger partial charge in [-0.15, -0.1) is 10.2 Å². The van der Waals surface area contributed by atoms with Gasteiger partial charge in [0.05, 0.1) is 5.69 Å². The van der Waals surface area contributed by atoms with Crippen molar-refractivity contribution in [3.05, 3.63) is 65.5 Å². The Kier molecular flexibility index (Phi) is 4.42. The molecule has 0 saturated heterocycles. The molecule has 3 aromatic rings. The molecule has 7 heteroatoms. The number of nitrogens with two attached hydrogens (primary N) is 1. The fourth-order valence-corrected chi connectivity index (χ4v) is 2.87. The molecule has 2 aromatic heterocycles. The van der Waals surface area contributed by atoms with E-state index in [1.807, 2.05) is 37.3 Å². The summed E-state index contributed by atoms with van der Waals surface area (Å²) in [4.78, 5) is 16.1. The monoisotopic (exact) mass is 361 g/mol. The second-order valence-electron chi connectivity index (χ2n) is 6.51. The Hall–Kier alpha value is -3.48. The molecule has 1 saturated carbocycles. The molecule has 3 N–H and O–H groups in total. The Morgan fingerprint density at radius 3 is 2.70 bits per heavy atom.